The zero-order valence-corrected chi connectivity index (χ0v) is 16.8. The van der Waals surface area contributed by atoms with E-state index in [1.807, 2.05) is 67.1 Å². The predicted molar refractivity (Wildman–Crippen MR) is 114 cm³/mol. The molecule has 1 amide bonds. The molecule has 0 spiro atoms. The molecule has 0 unspecified atom stereocenters. The van der Waals surface area contributed by atoms with E-state index in [2.05, 4.69) is 10.3 Å². The van der Waals surface area contributed by atoms with E-state index in [1.54, 1.807) is 29.2 Å². The predicted octanol–water partition coefficient (Wildman–Crippen LogP) is 5.40. The lowest BCUT2D eigenvalue weighted by Crippen LogP contribution is -2.07. The van der Waals surface area contributed by atoms with Crippen LogP contribution in [0.2, 0.25) is 0 Å². The summed E-state index contributed by atoms with van der Waals surface area (Å²) in [4.78, 5) is 17.6. The molecule has 0 radical (unpaired) electrons. The molecular weight excluding hydrogens is 376 g/mol. The Kier molecular flexibility index (Phi) is 6.68. The van der Waals surface area contributed by atoms with Crippen LogP contribution < -0.4 is 10.1 Å². The molecule has 1 N–H and O–H groups in total. The van der Waals surface area contributed by atoms with Gasteiger partial charge in [0.25, 0.3) is 0 Å². The smallest absolute Gasteiger partial charge is 0.248 e. The van der Waals surface area contributed by atoms with Crippen molar-refractivity contribution in [2.24, 2.45) is 0 Å². The molecule has 138 valence electrons. The average Bonchev–Trinajstić information content (AvgIpc) is 3.11. The van der Waals surface area contributed by atoms with Crippen LogP contribution in [-0.2, 0) is 11.4 Å². The summed E-state index contributed by atoms with van der Waals surface area (Å²) in [6.07, 6.45) is 5.32. The van der Waals surface area contributed by atoms with Crippen molar-refractivity contribution in [3.8, 4) is 5.75 Å². The number of anilines is 1. The number of nitrogens with one attached hydrogen (secondary N) is 1. The van der Waals surface area contributed by atoms with Crippen LogP contribution in [-0.4, -0.2) is 17.1 Å². The highest BCUT2D eigenvalue weighted by Gasteiger charge is 2.01. The highest BCUT2D eigenvalue weighted by atomic mass is 32.2. The summed E-state index contributed by atoms with van der Waals surface area (Å²) in [7, 11) is 0. The lowest BCUT2D eigenvalue weighted by Gasteiger charge is -2.05. The maximum atomic E-state index is 12.0. The second-order valence-corrected chi connectivity index (χ2v) is 7.71. The number of carbonyl (C=O) groups is 1. The average molecular weight is 397 g/mol. The second kappa shape index (κ2) is 9.39. The van der Waals surface area contributed by atoms with Gasteiger partial charge in [0.05, 0.1) is 10.7 Å². The van der Waals surface area contributed by atoms with Crippen molar-refractivity contribution < 1.29 is 9.53 Å². The molecule has 0 saturated heterocycles. The largest absolute Gasteiger partial charge is 0.487 e. The number of amides is 1. The van der Waals surface area contributed by atoms with Crippen LogP contribution in [0.15, 0.2) is 64.9 Å². The Morgan fingerprint density at radius 3 is 2.56 bits per heavy atom. The number of nitrogens with zero attached hydrogens (tertiary/aromatic N) is 1. The first-order valence-electron chi connectivity index (χ1n) is 8.39. The minimum atomic E-state index is -0.161. The fraction of sp³-hybridized carbons (Fsp3) is 0.143. The van der Waals surface area contributed by atoms with Gasteiger partial charge in [-0.3, -0.25) is 4.79 Å². The van der Waals surface area contributed by atoms with E-state index >= 15 is 0 Å². The highest BCUT2D eigenvalue weighted by molar-refractivity contribution is 7.98. The van der Waals surface area contributed by atoms with E-state index in [0.717, 1.165) is 32.6 Å². The molecule has 0 bridgehead atoms. The van der Waals surface area contributed by atoms with E-state index in [4.69, 9.17) is 4.74 Å². The van der Waals surface area contributed by atoms with Crippen LogP contribution >= 0.6 is 23.1 Å². The molecule has 4 nitrogen and oxygen atoms in total. The normalized spacial score (nSPS) is 10.9. The quantitative estimate of drug-likeness (QED) is 0.429. The number of hydrogen-bond acceptors (Lipinski definition) is 5. The van der Waals surface area contributed by atoms with Gasteiger partial charge < -0.3 is 10.1 Å². The molecule has 0 fully saturated rings. The molecule has 1 aromatic heterocycles. The standard InChI is InChI=1S/C21H20N2O2S2/c1-15-22-18(14-27-15)13-25-19-8-3-16(4-9-19)5-12-21(24)23-17-6-10-20(26-2)11-7-17/h3-12,14H,13H2,1-2H3,(H,23,24)/b12-5+. The van der Waals surface area contributed by atoms with Crippen molar-refractivity contribution in [3.05, 3.63) is 76.3 Å². The van der Waals surface area contributed by atoms with Gasteiger partial charge in [0.2, 0.25) is 5.91 Å². The summed E-state index contributed by atoms with van der Waals surface area (Å²) in [5.74, 6) is 0.613. The van der Waals surface area contributed by atoms with E-state index in [9.17, 15) is 4.79 Å². The summed E-state index contributed by atoms with van der Waals surface area (Å²) in [5.41, 5.74) is 2.65. The zero-order valence-electron chi connectivity index (χ0n) is 15.1. The monoisotopic (exact) mass is 396 g/mol. The van der Waals surface area contributed by atoms with Crippen LogP contribution in [0.25, 0.3) is 6.08 Å². The van der Waals surface area contributed by atoms with Gasteiger partial charge in [-0.2, -0.15) is 0 Å². The minimum Gasteiger partial charge on any atom is -0.487 e. The van der Waals surface area contributed by atoms with Crippen LogP contribution in [0.3, 0.4) is 0 Å². The van der Waals surface area contributed by atoms with E-state index in [1.165, 1.54) is 6.08 Å². The number of aryl methyl sites for hydroxylation is 1. The molecule has 0 aliphatic heterocycles. The maximum Gasteiger partial charge on any atom is 0.248 e. The fourth-order valence-electron chi connectivity index (χ4n) is 2.34. The summed E-state index contributed by atoms with van der Waals surface area (Å²) >= 11 is 3.28. The number of ether oxygens (including phenoxy) is 1. The first kappa shape index (κ1) is 19.2. The highest BCUT2D eigenvalue weighted by Crippen LogP contribution is 2.18. The number of hydrogen-bond donors (Lipinski definition) is 1. The Hall–Kier alpha value is -2.57. The SMILES string of the molecule is CSc1ccc(NC(=O)/C=C/c2ccc(OCc3csc(C)n3)cc2)cc1. The Morgan fingerprint density at radius 1 is 1.19 bits per heavy atom. The molecule has 27 heavy (non-hydrogen) atoms. The number of thioether (sulfide) groups is 1. The molecule has 0 aliphatic carbocycles. The molecule has 0 atom stereocenters. The maximum absolute atomic E-state index is 12.0. The first-order valence-corrected chi connectivity index (χ1v) is 10.5. The van der Waals surface area contributed by atoms with Gasteiger partial charge in [0.15, 0.2) is 0 Å². The van der Waals surface area contributed by atoms with Crippen molar-refractivity contribution in [3.63, 3.8) is 0 Å². The number of rotatable bonds is 7. The molecule has 3 aromatic rings. The summed E-state index contributed by atoms with van der Waals surface area (Å²) in [6, 6.07) is 15.4. The summed E-state index contributed by atoms with van der Waals surface area (Å²) in [6.45, 7) is 2.43. The number of benzene rings is 2. The molecule has 3 rings (SSSR count). The van der Waals surface area contributed by atoms with Gasteiger partial charge in [-0.1, -0.05) is 12.1 Å². The summed E-state index contributed by atoms with van der Waals surface area (Å²) in [5, 5.41) is 5.88. The Bertz CT molecular complexity index is 916. The van der Waals surface area contributed by atoms with Gasteiger partial charge >= 0.3 is 0 Å². The van der Waals surface area contributed by atoms with Crippen LogP contribution in [0.5, 0.6) is 5.75 Å². The van der Waals surface area contributed by atoms with Crippen LogP contribution in [0.1, 0.15) is 16.3 Å². The van der Waals surface area contributed by atoms with Crippen molar-refractivity contribution in [1.82, 2.24) is 4.98 Å². The minimum absolute atomic E-state index is 0.161. The molecule has 1 heterocycles. The third-order valence-electron chi connectivity index (χ3n) is 3.72. The number of aromatic nitrogens is 1. The molecule has 0 aliphatic rings. The molecule has 6 heteroatoms. The van der Waals surface area contributed by atoms with Gasteiger partial charge in [-0.25, -0.2) is 4.98 Å². The number of thiazole rings is 1. The van der Waals surface area contributed by atoms with Crippen molar-refractivity contribution in [1.29, 1.82) is 0 Å². The number of carbonyl (C=O) groups excluding carboxylic acids is 1. The zero-order chi connectivity index (χ0) is 19.1. The Morgan fingerprint density at radius 2 is 1.93 bits per heavy atom. The fourth-order valence-corrected chi connectivity index (χ4v) is 3.34. The van der Waals surface area contributed by atoms with Gasteiger partial charge in [-0.05, 0) is 61.2 Å². The van der Waals surface area contributed by atoms with Crippen LogP contribution in [0, 0.1) is 6.92 Å². The van der Waals surface area contributed by atoms with Crippen molar-refractivity contribution in [2.45, 2.75) is 18.4 Å². The Balaban J connectivity index is 1.51. The first-order chi connectivity index (χ1) is 13.1. The Labute approximate surface area is 167 Å². The third-order valence-corrected chi connectivity index (χ3v) is 5.28. The van der Waals surface area contributed by atoms with Gasteiger partial charge in [0.1, 0.15) is 12.4 Å². The third kappa shape index (κ3) is 5.98. The van der Waals surface area contributed by atoms with Crippen molar-refractivity contribution >= 4 is 40.8 Å². The van der Waals surface area contributed by atoms with Gasteiger partial charge in [-0.15, -0.1) is 23.1 Å². The lowest BCUT2D eigenvalue weighted by molar-refractivity contribution is -0.111. The summed E-state index contributed by atoms with van der Waals surface area (Å²) < 4.78 is 5.72. The lowest BCUT2D eigenvalue weighted by atomic mass is 10.2. The van der Waals surface area contributed by atoms with E-state index in [-0.39, 0.29) is 5.91 Å². The molecule has 2 aromatic carbocycles. The van der Waals surface area contributed by atoms with E-state index < -0.39 is 0 Å². The topological polar surface area (TPSA) is 51.2 Å². The van der Waals surface area contributed by atoms with E-state index in [0.29, 0.717) is 6.61 Å². The van der Waals surface area contributed by atoms with Crippen molar-refractivity contribution in [2.75, 3.05) is 11.6 Å². The van der Waals surface area contributed by atoms with Crippen LogP contribution in [0.4, 0.5) is 5.69 Å². The molecule has 0 saturated carbocycles. The van der Waals surface area contributed by atoms with Gasteiger partial charge in [0, 0.05) is 22.0 Å². The second-order valence-electron chi connectivity index (χ2n) is 5.77. The molecular formula is C21H20N2O2S2.